The van der Waals surface area contributed by atoms with E-state index in [0.717, 1.165) is 4.88 Å². The maximum Gasteiger partial charge on any atom is 0.272 e. The van der Waals surface area contributed by atoms with Gasteiger partial charge in [-0.05, 0) is 32.2 Å². The van der Waals surface area contributed by atoms with E-state index in [-0.39, 0.29) is 11.9 Å². The Kier molecular flexibility index (Phi) is 3.90. The molecule has 0 fully saturated rings. The van der Waals surface area contributed by atoms with Crippen molar-refractivity contribution in [3.8, 4) is 0 Å². The third kappa shape index (κ3) is 2.63. The predicted octanol–water partition coefficient (Wildman–Crippen LogP) is 2.35. The lowest BCUT2D eigenvalue weighted by Crippen LogP contribution is -2.29. The van der Waals surface area contributed by atoms with Gasteiger partial charge in [0.05, 0.1) is 17.4 Å². The Morgan fingerprint density at radius 2 is 2.37 bits per heavy atom. The molecule has 0 spiro atoms. The van der Waals surface area contributed by atoms with Gasteiger partial charge in [-0.1, -0.05) is 6.07 Å². The van der Waals surface area contributed by atoms with Gasteiger partial charge in [-0.2, -0.15) is 5.10 Å². The van der Waals surface area contributed by atoms with Crippen LogP contribution in [0.4, 0.5) is 5.69 Å². The molecule has 0 saturated carbocycles. The molecule has 5 nitrogen and oxygen atoms in total. The number of aryl methyl sites for hydroxylation is 2. The number of aromatic nitrogens is 2. The summed E-state index contributed by atoms with van der Waals surface area (Å²) in [5.74, 6) is -0.180. The average Bonchev–Trinajstić information content (AvgIpc) is 2.98. The molecule has 102 valence electrons. The quantitative estimate of drug-likeness (QED) is 0.901. The number of anilines is 1. The first-order valence-electron chi connectivity index (χ1n) is 6.21. The highest BCUT2D eigenvalue weighted by atomic mass is 32.1. The number of carbonyl (C=O) groups is 1. The van der Waals surface area contributed by atoms with Crippen molar-refractivity contribution in [2.75, 3.05) is 5.73 Å². The summed E-state index contributed by atoms with van der Waals surface area (Å²) in [6.45, 7) is 6.32. The summed E-state index contributed by atoms with van der Waals surface area (Å²) < 4.78 is 1.64. The van der Waals surface area contributed by atoms with Crippen LogP contribution in [-0.4, -0.2) is 15.7 Å². The van der Waals surface area contributed by atoms with E-state index < -0.39 is 0 Å². The normalized spacial score (nSPS) is 12.4. The smallest absolute Gasteiger partial charge is 0.272 e. The van der Waals surface area contributed by atoms with E-state index in [4.69, 9.17) is 5.73 Å². The van der Waals surface area contributed by atoms with Crippen molar-refractivity contribution in [1.82, 2.24) is 15.1 Å². The van der Waals surface area contributed by atoms with Crippen molar-refractivity contribution in [3.05, 3.63) is 33.8 Å². The molecule has 2 aromatic heterocycles. The summed E-state index contributed by atoms with van der Waals surface area (Å²) in [5.41, 5.74) is 7.53. The van der Waals surface area contributed by atoms with Crippen molar-refractivity contribution in [2.45, 2.75) is 33.4 Å². The standard InChI is InChI=1S/C13H18N4OS/c1-4-17-12(11(14)9(3)16-17)13(18)15-8(2)10-6-5-7-19-10/h5-8H,4,14H2,1-3H3,(H,15,18). The van der Waals surface area contributed by atoms with Crippen LogP contribution in [0.5, 0.6) is 0 Å². The predicted molar refractivity (Wildman–Crippen MR) is 77.3 cm³/mol. The highest BCUT2D eigenvalue weighted by Crippen LogP contribution is 2.21. The summed E-state index contributed by atoms with van der Waals surface area (Å²) in [6, 6.07) is 3.94. The SMILES string of the molecule is CCn1nc(C)c(N)c1C(=O)NC(C)c1cccs1. The van der Waals surface area contributed by atoms with E-state index in [9.17, 15) is 4.79 Å². The van der Waals surface area contributed by atoms with Crippen LogP contribution >= 0.6 is 11.3 Å². The van der Waals surface area contributed by atoms with Gasteiger partial charge in [0.2, 0.25) is 0 Å². The Balaban J connectivity index is 2.21. The number of hydrogen-bond acceptors (Lipinski definition) is 4. The Morgan fingerprint density at radius 3 is 2.95 bits per heavy atom. The molecular formula is C13H18N4OS. The van der Waals surface area contributed by atoms with Gasteiger partial charge in [-0.15, -0.1) is 11.3 Å². The van der Waals surface area contributed by atoms with Crippen LogP contribution in [0.1, 0.15) is 40.9 Å². The monoisotopic (exact) mass is 278 g/mol. The van der Waals surface area contributed by atoms with Crippen LogP contribution in [0.2, 0.25) is 0 Å². The minimum absolute atomic E-state index is 0.0348. The minimum atomic E-state index is -0.180. The van der Waals surface area contributed by atoms with Crippen LogP contribution in [0.25, 0.3) is 0 Å². The molecule has 3 N–H and O–H groups in total. The van der Waals surface area contributed by atoms with Gasteiger partial charge in [0.25, 0.3) is 5.91 Å². The molecule has 6 heteroatoms. The fourth-order valence-electron chi connectivity index (χ4n) is 1.94. The summed E-state index contributed by atoms with van der Waals surface area (Å²) in [7, 11) is 0. The maximum atomic E-state index is 12.3. The van der Waals surface area contributed by atoms with Crippen molar-refractivity contribution in [2.24, 2.45) is 0 Å². The van der Waals surface area contributed by atoms with E-state index in [0.29, 0.717) is 23.6 Å². The number of nitrogens with one attached hydrogen (secondary N) is 1. The van der Waals surface area contributed by atoms with Crippen molar-refractivity contribution < 1.29 is 4.79 Å². The van der Waals surface area contributed by atoms with E-state index in [1.54, 1.807) is 22.9 Å². The van der Waals surface area contributed by atoms with Gasteiger partial charge in [0.15, 0.2) is 0 Å². The number of hydrogen-bond donors (Lipinski definition) is 2. The fraction of sp³-hybridized carbons (Fsp3) is 0.385. The second-order valence-electron chi connectivity index (χ2n) is 4.37. The number of nitrogens with zero attached hydrogens (tertiary/aromatic N) is 2. The highest BCUT2D eigenvalue weighted by molar-refractivity contribution is 7.10. The second-order valence-corrected chi connectivity index (χ2v) is 5.35. The number of nitrogens with two attached hydrogens (primary N) is 1. The molecule has 0 aromatic carbocycles. The molecule has 0 aliphatic heterocycles. The second kappa shape index (κ2) is 5.44. The molecular weight excluding hydrogens is 260 g/mol. The highest BCUT2D eigenvalue weighted by Gasteiger charge is 2.21. The molecule has 2 rings (SSSR count). The molecule has 0 aliphatic carbocycles. The van der Waals surface area contributed by atoms with E-state index in [1.807, 2.05) is 31.4 Å². The zero-order valence-corrected chi connectivity index (χ0v) is 12.1. The summed E-state index contributed by atoms with van der Waals surface area (Å²) in [4.78, 5) is 13.4. The van der Waals surface area contributed by atoms with Gasteiger partial charge < -0.3 is 11.1 Å². The van der Waals surface area contributed by atoms with E-state index >= 15 is 0 Å². The molecule has 0 saturated heterocycles. The Hall–Kier alpha value is -1.82. The Labute approximate surface area is 116 Å². The third-order valence-electron chi connectivity index (χ3n) is 3.01. The third-order valence-corrected chi connectivity index (χ3v) is 4.06. The molecule has 19 heavy (non-hydrogen) atoms. The first-order valence-corrected chi connectivity index (χ1v) is 7.09. The summed E-state index contributed by atoms with van der Waals surface area (Å²) in [5, 5.41) is 9.20. The summed E-state index contributed by atoms with van der Waals surface area (Å²) >= 11 is 1.62. The molecule has 1 atom stereocenters. The van der Waals surface area contributed by atoms with Gasteiger partial charge in [-0.3, -0.25) is 9.48 Å². The zero-order chi connectivity index (χ0) is 14.0. The Bertz CT molecular complexity index is 574. The molecule has 0 aliphatic rings. The van der Waals surface area contributed by atoms with Crippen molar-refractivity contribution in [3.63, 3.8) is 0 Å². The fourth-order valence-corrected chi connectivity index (χ4v) is 2.67. The first-order chi connectivity index (χ1) is 9.04. The van der Waals surface area contributed by atoms with Crippen LogP contribution in [0.15, 0.2) is 17.5 Å². The maximum absolute atomic E-state index is 12.3. The van der Waals surface area contributed by atoms with Gasteiger partial charge in [0, 0.05) is 11.4 Å². The molecule has 2 heterocycles. The topological polar surface area (TPSA) is 72.9 Å². The van der Waals surface area contributed by atoms with Gasteiger partial charge in [-0.25, -0.2) is 0 Å². The number of thiophene rings is 1. The lowest BCUT2D eigenvalue weighted by Gasteiger charge is -2.13. The first kappa shape index (κ1) is 13.6. The van der Waals surface area contributed by atoms with Gasteiger partial charge >= 0.3 is 0 Å². The average molecular weight is 278 g/mol. The van der Waals surface area contributed by atoms with E-state index in [2.05, 4.69) is 10.4 Å². The number of amides is 1. The molecule has 2 aromatic rings. The van der Waals surface area contributed by atoms with Gasteiger partial charge in [0.1, 0.15) is 5.69 Å². The molecule has 1 amide bonds. The minimum Gasteiger partial charge on any atom is -0.395 e. The summed E-state index contributed by atoms with van der Waals surface area (Å²) in [6.07, 6.45) is 0. The number of carbonyl (C=O) groups excluding carboxylic acids is 1. The molecule has 0 bridgehead atoms. The molecule has 0 radical (unpaired) electrons. The van der Waals surface area contributed by atoms with Crippen LogP contribution in [0, 0.1) is 6.92 Å². The van der Waals surface area contributed by atoms with Crippen LogP contribution < -0.4 is 11.1 Å². The largest absolute Gasteiger partial charge is 0.395 e. The van der Waals surface area contributed by atoms with Crippen molar-refractivity contribution in [1.29, 1.82) is 0 Å². The lowest BCUT2D eigenvalue weighted by atomic mass is 10.2. The number of nitrogen functional groups attached to an aromatic ring is 1. The van der Waals surface area contributed by atoms with Crippen molar-refractivity contribution >= 4 is 22.9 Å². The Morgan fingerprint density at radius 1 is 1.63 bits per heavy atom. The number of rotatable bonds is 4. The van der Waals surface area contributed by atoms with E-state index in [1.165, 1.54) is 0 Å². The zero-order valence-electron chi connectivity index (χ0n) is 11.3. The van der Waals surface area contributed by atoms with Crippen LogP contribution in [0.3, 0.4) is 0 Å². The van der Waals surface area contributed by atoms with Crippen LogP contribution in [-0.2, 0) is 6.54 Å². The lowest BCUT2D eigenvalue weighted by molar-refractivity contribution is 0.0930. The molecule has 1 unspecified atom stereocenters.